The van der Waals surface area contributed by atoms with Crippen LogP contribution in [0.1, 0.15) is 24.4 Å². The molecule has 0 radical (unpaired) electrons. The summed E-state index contributed by atoms with van der Waals surface area (Å²) < 4.78 is 32.1. The molecular formula is C12H16F2N2O. The molecule has 94 valence electrons. The van der Waals surface area contributed by atoms with E-state index in [1.807, 2.05) is 0 Å². The molecule has 0 amide bonds. The van der Waals surface area contributed by atoms with Crippen LogP contribution in [0.25, 0.3) is 0 Å². The molecule has 1 aliphatic rings. The quantitative estimate of drug-likeness (QED) is 0.628. The predicted molar refractivity (Wildman–Crippen MR) is 60.0 cm³/mol. The van der Waals surface area contributed by atoms with Crippen LogP contribution >= 0.6 is 0 Å². The van der Waals surface area contributed by atoms with Gasteiger partial charge in [0.25, 0.3) is 0 Å². The fourth-order valence-corrected chi connectivity index (χ4v) is 2.28. The van der Waals surface area contributed by atoms with Crippen LogP contribution in [-0.4, -0.2) is 13.2 Å². The first-order valence-electron chi connectivity index (χ1n) is 5.71. The number of nitrogens with two attached hydrogens (primary N) is 1. The zero-order valence-electron chi connectivity index (χ0n) is 9.46. The summed E-state index contributed by atoms with van der Waals surface area (Å²) in [5.74, 6) is 4.77. The van der Waals surface area contributed by atoms with Crippen molar-refractivity contribution in [3.05, 3.63) is 35.4 Å². The van der Waals surface area contributed by atoms with E-state index in [2.05, 4.69) is 5.43 Å². The van der Waals surface area contributed by atoms with Crippen molar-refractivity contribution in [2.75, 3.05) is 13.2 Å². The first kappa shape index (κ1) is 12.4. The summed E-state index contributed by atoms with van der Waals surface area (Å²) in [5.41, 5.74) is 2.88. The Balaban J connectivity index is 2.24. The lowest BCUT2D eigenvalue weighted by Gasteiger charge is -2.30. The Kier molecular flexibility index (Phi) is 4.04. The number of hydrazine groups is 1. The van der Waals surface area contributed by atoms with Crippen LogP contribution in [-0.2, 0) is 4.74 Å². The lowest BCUT2D eigenvalue weighted by Crippen LogP contribution is -2.36. The van der Waals surface area contributed by atoms with Gasteiger partial charge >= 0.3 is 0 Å². The average Bonchev–Trinajstić information content (AvgIpc) is 2.36. The highest BCUT2D eigenvalue weighted by Crippen LogP contribution is 2.31. The molecule has 0 saturated carbocycles. The number of ether oxygens (including phenoxy) is 1. The van der Waals surface area contributed by atoms with E-state index in [9.17, 15) is 8.78 Å². The standard InChI is InChI=1S/C12H16F2N2O/c13-9-1-2-11(14)10(7-9)12(16-15)8-3-5-17-6-4-8/h1-2,7-8,12,16H,3-6,15H2. The highest BCUT2D eigenvalue weighted by Gasteiger charge is 2.26. The van der Waals surface area contributed by atoms with Crippen molar-refractivity contribution in [2.24, 2.45) is 11.8 Å². The highest BCUT2D eigenvalue weighted by atomic mass is 19.1. The van der Waals surface area contributed by atoms with Crippen LogP contribution in [0.4, 0.5) is 8.78 Å². The van der Waals surface area contributed by atoms with Crippen molar-refractivity contribution in [2.45, 2.75) is 18.9 Å². The van der Waals surface area contributed by atoms with Crippen molar-refractivity contribution >= 4 is 0 Å². The van der Waals surface area contributed by atoms with Gasteiger partial charge in [-0.15, -0.1) is 0 Å². The Bertz CT molecular complexity index is 381. The van der Waals surface area contributed by atoms with Gasteiger partial charge in [0, 0.05) is 18.8 Å². The molecule has 2 rings (SSSR count). The van der Waals surface area contributed by atoms with Crippen LogP contribution in [0, 0.1) is 17.6 Å². The van der Waals surface area contributed by atoms with Gasteiger partial charge in [0.05, 0.1) is 6.04 Å². The van der Waals surface area contributed by atoms with E-state index in [1.165, 1.54) is 6.07 Å². The molecule has 1 heterocycles. The molecule has 1 aliphatic heterocycles. The van der Waals surface area contributed by atoms with Crippen molar-refractivity contribution < 1.29 is 13.5 Å². The molecule has 1 aromatic rings. The van der Waals surface area contributed by atoms with Gasteiger partial charge in [0.2, 0.25) is 0 Å². The van der Waals surface area contributed by atoms with E-state index in [0.29, 0.717) is 18.8 Å². The number of nitrogens with one attached hydrogen (secondary N) is 1. The smallest absolute Gasteiger partial charge is 0.128 e. The maximum Gasteiger partial charge on any atom is 0.128 e. The van der Waals surface area contributed by atoms with Gasteiger partial charge in [-0.25, -0.2) is 8.78 Å². The van der Waals surface area contributed by atoms with Gasteiger partial charge in [-0.1, -0.05) is 0 Å². The summed E-state index contributed by atoms with van der Waals surface area (Å²) >= 11 is 0. The van der Waals surface area contributed by atoms with Gasteiger partial charge in [-0.05, 0) is 37.0 Å². The van der Waals surface area contributed by atoms with Crippen molar-refractivity contribution in [1.82, 2.24) is 5.43 Å². The van der Waals surface area contributed by atoms with Gasteiger partial charge < -0.3 is 4.74 Å². The largest absolute Gasteiger partial charge is 0.381 e. The molecule has 0 aromatic heterocycles. The summed E-state index contributed by atoms with van der Waals surface area (Å²) in [6.45, 7) is 1.28. The molecular weight excluding hydrogens is 226 g/mol. The monoisotopic (exact) mass is 242 g/mol. The first-order chi connectivity index (χ1) is 8.22. The van der Waals surface area contributed by atoms with Crippen LogP contribution in [0.2, 0.25) is 0 Å². The lowest BCUT2D eigenvalue weighted by atomic mass is 9.87. The third-order valence-corrected chi connectivity index (χ3v) is 3.21. The van der Waals surface area contributed by atoms with Crippen LogP contribution in [0.5, 0.6) is 0 Å². The number of hydrogen-bond donors (Lipinski definition) is 2. The molecule has 1 unspecified atom stereocenters. The Morgan fingerprint density at radius 3 is 2.65 bits per heavy atom. The minimum atomic E-state index is -0.450. The predicted octanol–water partition coefficient (Wildman–Crippen LogP) is 1.90. The Morgan fingerprint density at radius 2 is 2.00 bits per heavy atom. The zero-order chi connectivity index (χ0) is 12.3. The highest BCUT2D eigenvalue weighted by molar-refractivity contribution is 5.23. The molecule has 1 aromatic carbocycles. The minimum Gasteiger partial charge on any atom is -0.381 e. The maximum atomic E-state index is 13.7. The summed E-state index contributed by atoms with van der Waals surface area (Å²) in [5, 5.41) is 0. The normalized spacial score (nSPS) is 19.2. The van der Waals surface area contributed by atoms with Crippen LogP contribution in [0.15, 0.2) is 18.2 Å². The molecule has 3 N–H and O–H groups in total. The number of benzene rings is 1. The van der Waals surface area contributed by atoms with Gasteiger partial charge in [-0.2, -0.15) is 0 Å². The zero-order valence-corrected chi connectivity index (χ0v) is 9.46. The van der Waals surface area contributed by atoms with E-state index in [0.717, 1.165) is 25.0 Å². The molecule has 1 saturated heterocycles. The van der Waals surface area contributed by atoms with E-state index in [-0.39, 0.29) is 12.0 Å². The molecule has 0 bridgehead atoms. The first-order valence-corrected chi connectivity index (χ1v) is 5.71. The molecule has 17 heavy (non-hydrogen) atoms. The summed E-state index contributed by atoms with van der Waals surface area (Å²) in [6, 6.07) is 3.08. The lowest BCUT2D eigenvalue weighted by molar-refractivity contribution is 0.0531. The second-order valence-electron chi connectivity index (χ2n) is 4.26. The van der Waals surface area contributed by atoms with Crippen molar-refractivity contribution in [3.8, 4) is 0 Å². The fraction of sp³-hybridized carbons (Fsp3) is 0.500. The number of hydrogen-bond acceptors (Lipinski definition) is 3. The second kappa shape index (κ2) is 5.53. The van der Waals surface area contributed by atoms with E-state index in [4.69, 9.17) is 10.6 Å². The topological polar surface area (TPSA) is 47.3 Å². The third-order valence-electron chi connectivity index (χ3n) is 3.21. The number of rotatable bonds is 3. The number of halogens is 2. The molecule has 1 atom stereocenters. The third kappa shape index (κ3) is 2.80. The molecule has 5 heteroatoms. The van der Waals surface area contributed by atoms with Gasteiger partial charge in [0.15, 0.2) is 0 Å². The molecule has 0 spiro atoms. The Morgan fingerprint density at radius 1 is 1.29 bits per heavy atom. The molecule has 3 nitrogen and oxygen atoms in total. The molecule has 0 aliphatic carbocycles. The summed E-state index contributed by atoms with van der Waals surface area (Å²) in [6.07, 6.45) is 1.59. The fourth-order valence-electron chi connectivity index (χ4n) is 2.28. The average molecular weight is 242 g/mol. The summed E-state index contributed by atoms with van der Waals surface area (Å²) in [4.78, 5) is 0. The van der Waals surface area contributed by atoms with Crippen LogP contribution < -0.4 is 11.3 Å². The van der Waals surface area contributed by atoms with E-state index >= 15 is 0 Å². The summed E-state index contributed by atoms with van der Waals surface area (Å²) in [7, 11) is 0. The van der Waals surface area contributed by atoms with Crippen molar-refractivity contribution in [1.29, 1.82) is 0 Å². The van der Waals surface area contributed by atoms with Gasteiger partial charge in [0.1, 0.15) is 11.6 Å². The SMILES string of the molecule is NNC(c1cc(F)ccc1F)C1CCOCC1. The maximum absolute atomic E-state index is 13.7. The van der Waals surface area contributed by atoms with Crippen LogP contribution in [0.3, 0.4) is 0 Å². The van der Waals surface area contributed by atoms with E-state index in [1.54, 1.807) is 0 Å². The van der Waals surface area contributed by atoms with E-state index < -0.39 is 11.6 Å². The minimum absolute atomic E-state index is 0.171. The van der Waals surface area contributed by atoms with Crippen molar-refractivity contribution in [3.63, 3.8) is 0 Å². The molecule has 1 fully saturated rings. The Labute approximate surface area is 98.9 Å². The van der Waals surface area contributed by atoms with Gasteiger partial charge in [-0.3, -0.25) is 11.3 Å². The second-order valence-corrected chi connectivity index (χ2v) is 4.26. The Hall–Kier alpha value is -1.04.